The molecule has 1 aliphatic rings. The first-order valence-corrected chi connectivity index (χ1v) is 14.4. The molecular weight excluding hydrogens is 452 g/mol. The van der Waals surface area contributed by atoms with E-state index in [4.69, 9.17) is 4.52 Å². The Balaban J connectivity index is 1.46. The fourth-order valence-electron chi connectivity index (χ4n) is 4.58. The fraction of sp³-hybridized carbons (Fsp3) is 0.200. The monoisotopic (exact) mass is 483 g/mol. The van der Waals surface area contributed by atoms with Gasteiger partial charge in [0.05, 0.1) is 13.7 Å². The predicted octanol–water partition coefficient (Wildman–Crippen LogP) is 5.95. The van der Waals surface area contributed by atoms with E-state index in [2.05, 4.69) is 140 Å². The molecule has 0 aromatic heterocycles. The third-order valence-electron chi connectivity index (χ3n) is 6.36. The van der Waals surface area contributed by atoms with Gasteiger partial charge in [0.2, 0.25) is 0 Å². The Morgan fingerprint density at radius 1 is 0.618 bits per heavy atom. The Hall–Kier alpha value is -2.34. The molecule has 0 bridgehead atoms. The van der Waals surface area contributed by atoms with E-state index in [0.29, 0.717) is 6.04 Å². The summed E-state index contributed by atoms with van der Waals surface area (Å²) < 4.78 is 9.80. The lowest BCUT2D eigenvalue weighted by Gasteiger charge is -2.53. The first-order valence-electron chi connectivity index (χ1n) is 11.9. The standard InChI is InChI=1S/C30H31NOP2/c1-30(2,32-34(27-19-11-5-12-20-27)28-21-13-6-14-22-28)29-23-24-31(29)33(25-15-7-3-8-16-25)26-17-9-4-10-18-26/h3-22,29H,23-24H2,1-2H3. The van der Waals surface area contributed by atoms with E-state index in [1.807, 2.05) is 0 Å². The maximum Gasteiger partial charge on any atom is 0.0926 e. The van der Waals surface area contributed by atoms with Crippen molar-refractivity contribution in [2.24, 2.45) is 0 Å². The average Bonchev–Trinajstić information content (AvgIpc) is 2.87. The number of rotatable bonds is 8. The summed E-state index contributed by atoms with van der Waals surface area (Å²) in [5, 5.41) is 5.32. The molecule has 0 saturated carbocycles. The highest BCUT2D eigenvalue weighted by Gasteiger charge is 2.46. The summed E-state index contributed by atoms with van der Waals surface area (Å²) in [6.45, 7) is 5.67. The number of nitrogens with zero attached hydrogens (tertiary/aromatic N) is 1. The first-order chi connectivity index (χ1) is 16.6. The van der Waals surface area contributed by atoms with Gasteiger partial charge in [0, 0.05) is 31.3 Å². The normalized spacial score (nSPS) is 16.5. The second-order valence-corrected chi connectivity index (χ2v) is 13.1. The van der Waals surface area contributed by atoms with E-state index in [1.165, 1.54) is 21.2 Å². The van der Waals surface area contributed by atoms with E-state index < -0.39 is 16.2 Å². The Morgan fingerprint density at radius 2 is 1.00 bits per heavy atom. The van der Waals surface area contributed by atoms with Crippen LogP contribution in [0.5, 0.6) is 0 Å². The lowest BCUT2D eigenvalue weighted by molar-refractivity contribution is 0.00210. The van der Waals surface area contributed by atoms with Gasteiger partial charge in [-0.3, -0.25) is 4.67 Å². The number of hydrogen-bond acceptors (Lipinski definition) is 2. The van der Waals surface area contributed by atoms with Crippen molar-refractivity contribution in [1.82, 2.24) is 4.67 Å². The van der Waals surface area contributed by atoms with Crippen molar-refractivity contribution in [3.05, 3.63) is 121 Å². The molecule has 0 N–H and O–H groups in total. The molecule has 1 heterocycles. The lowest BCUT2D eigenvalue weighted by atomic mass is 9.91. The summed E-state index contributed by atoms with van der Waals surface area (Å²) in [5.41, 5.74) is -0.292. The van der Waals surface area contributed by atoms with Crippen LogP contribution in [0, 0.1) is 0 Å². The molecule has 2 nitrogen and oxygen atoms in total. The van der Waals surface area contributed by atoms with E-state index in [-0.39, 0.29) is 5.60 Å². The van der Waals surface area contributed by atoms with Crippen LogP contribution in [0.2, 0.25) is 0 Å². The summed E-state index contributed by atoms with van der Waals surface area (Å²) in [6, 6.07) is 43.8. The molecule has 0 spiro atoms. The molecular formula is C30H31NOP2. The van der Waals surface area contributed by atoms with Crippen molar-refractivity contribution in [1.29, 1.82) is 0 Å². The smallest absolute Gasteiger partial charge is 0.0926 e. The van der Waals surface area contributed by atoms with Gasteiger partial charge in [0.25, 0.3) is 0 Å². The fourth-order valence-corrected chi connectivity index (χ4v) is 9.36. The van der Waals surface area contributed by atoms with Crippen molar-refractivity contribution in [3.8, 4) is 0 Å². The average molecular weight is 484 g/mol. The second kappa shape index (κ2) is 10.5. The molecule has 1 fully saturated rings. The SMILES string of the molecule is CC(C)(OP(c1ccccc1)c1ccccc1)C1CCN1P(c1ccccc1)c1ccccc1. The zero-order valence-corrected chi connectivity index (χ0v) is 21.6. The molecule has 4 aromatic rings. The van der Waals surface area contributed by atoms with Crippen molar-refractivity contribution >= 4 is 37.4 Å². The van der Waals surface area contributed by atoms with Crippen LogP contribution in [0.4, 0.5) is 0 Å². The first kappa shape index (κ1) is 23.4. The molecule has 1 unspecified atom stereocenters. The van der Waals surface area contributed by atoms with Crippen LogP contribution in [-0.2, 0) is 4.52 Å². The van der Waals surface area contributed by atoms with Gasteiger partial charge in [0.15, 0.2) is 0 Å². The Morgan fingerprint density at radius 3 is 1.35 bits per heavy atom. The van der Waals surface area contributed by atoms with Gasteiger partial charge in [-0.25, -0.2) is 0 Å². The summed E-state index contributed by atoms with van der Waals surface area (Å²) in [7, 11) is -1.51. The highest BCUT2D eigenvalue weighted by Crippen LogP contribution is 2.51. The largest absolute Gasteiger partial charge is 0.342 e. The molecule has 34 heavy (non-hydrogen) atoms. The van der Waals surface area contributed by atoms with Crippen LogP contribution in [0.1, 0.15) is 20.3 Å². The molecule has 0 amide bonds. The van der Waals surface area contributed by atoms with Gasteiger partial charge in [-0.2, -0.15) is 0 Å². The third kappa shape index (κ3) is 5.02. The van der Waals surface area contributed by atoms with E-state index in [0.717, 1.165) is 13.0 Å². The molecule has 1 saturated heterocycles. The van der Waals surface area contributed by atoms with Crippen molar-refractivity contribution < 1.29 is 4.52 Å². The summed E-state index contributed by atoms with van der Waals surface area (Å²) in [6.07, 6.45) is 1.15. The summed E-state index contributed by atoms with van der Waals surface area (Å²) in [4.78, 5) is 0. The second-order valence-electron chi connectivity index (χ2n) is 9.11. The van der Waals surface area contributed by atoms with Gasteiger partial charge in [-0.1, -0.05) is 121 Å². The zero-order valence-electron chi connectivity index (χ0n) is 19.8. The minimum Gasteiger partial charge on any atom is -0.342 e. The molecule has 5 rings (SSSR count). The van der Waals surface area contributed by atoms with Crippen LogP contribution in [0.15, 0.2) is 121 Å². The van der Waals surface area contributed by atoms with Crippen LogP contribution in [-0.4, -0.2) is 22.9 Å². The third-order valence-corrected chi connectivity index (χ3v) is 11.1. The van der Waals surface area contributed by atoms with Gasteiger partial charge < -0.3 is 4.52 Å². The predicted molar refractivity (Wildman–Crippen MR) is 148 cm³/mol. The van der Waals surface area contributed by atoms with Gasteiger partial charge >= 0.3 is 0 Å². The van der Waals surface area contributed by atoms with Crippen molar-refractivity contribution in [3.63, 3.8) is 0 Å². The van der Waals surface area contributed by atoms with Crippen LogP contribution < -0.4 is 21.2 Å². The molecule has 4 aromatic carbocycles. The highest BCUT2D eigenvalue weighted by molar-refractivity contribution is 7.71. The van der Waals surface area contributed by atoms with Crippen molar-refractivity contribution in [2.75, 3.05) is 6.54 Å². The molecule has 1 aliphatic heterocycles. The number of hydrogen-bond donors (Lipinski definition) is 0. The van der Waals surface area contributed by atoms with Gasteiger partial charge in [-0.15, -0.1) is 0 Å². The van der Waals surface area contributed by atoms with Gasteiger partial charge in [0.1, 0.15) is 0 Å². The van der Waals surface area contributed by atoms with E-state index in [1.54, 1.807) is 0 Å². The topological polar surface area (TPSA) is 12.5 Å². The minimum atomic E-state index is -0.909. The van der Waals surface area contributed by atoms with Crippen LogP contribution >= 0.6 is 16.2 Å². The molecule has 4 heteroatoms. The lowest BCUT2D eigenvalue weighted by Crippen LogP contribution is -2.58. The molecule has 1 atom stereocenters. The highest BCUT2D eigenvalue weighted by atomic mass is 31.1. The number of benzene rings is 4. The van der Waals surface area contributed by atoms with E-state index >= 15 is 0 Å². The van der Waals surface area contributed by atoms with Crippen LogP contribution in [0.25, 0.3) is 0 Å². The molecule has 172 valence electrons. The quantitative estimate of drug-likeness (QED) is 0.287. The van der Waals surface area contributed by atoms with Crippen LogP contribution in [0.3, 0.4) is 0 Å². The molecule has 0 radical (unpaired) electrons. The maximum absolute atomic E-state index is 7.10. The van der Waals surface area contributed by atoms with Crippen molar-refractivity contribution in [2.45, 2.75) is 31.9 Å². The minimum absolute atomic E-state index is 0.292. The molecule has 0 aliphatic carbocycles. The maximum atomic E-state index is 7.10. The Bertz CT molecular complexity index is 1090. The van der Waals surface area contributed by atoms with Gasteiger partial charge in [-0.05, 0) is 30.9 Å². The Labute approximate surface area is 206 Å². The Kier molecular flexibility index (Phi) is 7.23. The summed E-state index contributed by atoms with van der Waals surface area (Å²) in [5.74, 6) is 0. The van der Waals surface area contributed by atoms with E-state index in [9.17, 15) is 0 Å². The summed E-state index contributed by atoms with van der Waals surface area (Å²) >= 11 is 0. The zero-order chi connectivity index (χ0) is 23.4.